The highest BCUT2D eigenvalue weighted by molar-refractivity contribution is 7.89. The third-order valence-electron chi connectivity index (χ3n) is 4.27. The second kappa shape index (κ2) is 6.70. The fourth-order valence-corrected chi connectivity index (χ4v) is 4.08. The van der Waals surface area contributed by atoms with Crippen LogP contribution in [-0.4, -0.2) is 33.7 Å². The van der Waals surface area contributed by atoms with Crippen molar-refractivity contribution in [1.29, 1.82) is 0 Å². The zero-order valence-electron chi connectivity index (χ0n) is 13.5. The van der Waals surface area contributed by atoms with Gasteiger partial charge in [-0.2, -0.15) is 0 Å². The second-order valence-electron chi connectivity index (χ2n) is 5.98. The molecule has 25 heavy (non-hydrogen) atoms. The first-order valence-corrected chi connectivity index (χ1v) is 9.23. The molecular weight excluding hydrogens is 350 g/mol. The Morgan fingerprint density at radius 2 is 1.92 bits per heavy atom. The van der Waals surface area contributed by atoms with E-state index in [-0.39, 0.29) is 6.54 Å². The summed E-state index contributed by atoms with van der Waals surface area (Å²) in [4.78, 5) is 1.05. The molecule has 0 spiro atoms. The van der Waals surface area contributed by atoms with Crippen LogP contribution in [0, 0.1) is 11.6 Å². The molecule has 5 nitrogen and oxygen atoms in total. The zero-order chi connectivity index (χ0) is 18.2. The van der Waals surface area contributed by atoms with Crippen LogP contribution in [0.1, 0.15) is 17.2 Å². The molecule has 8 heteroatoms. The van der Waals surface area contributed by atoms with E-state index < -0.39 is 32.7 Å². The molecule has 0 radical (unpaired) electrons. The number of nitrogens with one attached hydrogen (secondary N) is 1. The number of halogens is 2. The molecule has 2 N–H and O–H groups in total. The van der Waals surface area contributed by atoms with Crippen molar-refractivity contribution in [1.82, 2.24) is 4.72 Å². The van der Waals surface area contributed by atoms with Crippen LogP contribution in [-0.2, 0) is 16.4 Å². The zero-order valence-corrected chi connectivity index (χ0v) is 14.4. The number of sulfonamides is 1. The van der Waals surface area contributed by atoms with E-state index in [0.717, 1.165) is 42.4 Å². The molecule has 1 aliphatic heterocycles. The molecule has 0 fully saturated rings. The molecule has 1 aliphatic rings. The normalized spacial score (nSPS) is 15.3. The van der Waals surface area contributed by atoms with Crippen molar-refractivity contribution >= 4 is 15.7 Å². The number of anilines is 1. The third-order valence-corrected chi connectivity index (χ3v) is 5.74. The van der Waals surface area contributed by atoms with Crippen LogP contribution >= 0.6 is 0 Å². The van der Waals surface area contributed by atoms with Gasteiger partial charge in [0.1, 0.15) is 11.6 Å². The van der Waals surface area contributed by atoms with Crippen LogP contribution < -0.4 is 9.62 Å². The molecule has 1 heterocycles. The minimum absolute atomic E-state index is 0.384. The summed E-state index contributed by atoms with van der Waals surface area (Å²) >= 11 is 0. The summed E-state index contributed by atoms with van der Waals surface area (Å²) in [5, 5.41) is 10.2. The second-order valence-corrected chi connectivity index (χ2v) is 7.68. The van der Waals surface area contributed by atoms with Gasteiger partial charge in [0.25, 0.3) is 0 Å². The predicted molar refractivity (Wildman–Crippen MR) is 89.9 cm³/mol. The summed E-state index contributed by atoms with van der Waals surface area (Å²) in [7, 11) is -2.44. The van der Waals surface area contributed by atoms with Crippen LogP contribution in [0.25, 0.3) is 0 Å². The Balaban J connectivity index is 1.75. The Kier molecular flexibility index (Phi) is 4.77. The van der Waals surface area contributed by atoms with Gasteiger partial charge >= 0.3 is 0 Å². The minimum Gasteiger partial charge on any atom is -0.387 e. The molecule has 0 amide bonds. The van der Waals surface area contributed by atoms with Gasteiger partial charge in [-0.15, -0.1) is 0 Å². The monoisotopic (exact) mass is 368 g/mol. The summed E-state index contributed by atoms with van der Waals surface area (Å²) in [5.41, 5.74) is 2.69. The lowest BCUT2D eigenvalue weighted by molar-refractivity contribution is 0.182. The van der Waals surface area contributed by atoms with Gasteiger partial charge in [0, 0.05) is 25.8 Å². The molecular formula is C17H18F2N2O3S. The van der Waals surface area contributed by atoms with Crippen molar-refractivity contribution in [2.45, 2.75) is 17.4 Å². The Labute approximate surface area is 145 Å². The van der Waals surface area contributed by atoms with Gasteiger partial charge in [0.2, 0.25) is 10.0 Å². The maximum absolute atomic E-state index is 13.7. The van der Waals surface area contributed by atoms with Crippen molar-refractivity contribution in [3.8, 4) is 0 Å². The summed E-state index contributed by atoms with van der Waals surface area (Å²) < 4.78 is 53.6. The largest absolute Gasteiger partial charge is 0.387 e. The Bertz CT molecular complexity index is 883. The number of aliphatic hydroxyl groups excluding tert-OH is 1. The molecule has 134 valence electrons. The van der Waals surface area contributed by atoms with Crippen molar-refractivity contribution in [3.63, 3.8) is 0 Å². The lowest BCUT2D eigenvalue weighted by Crippen LogP contribution is -2.30. The maximum atomic E-state index is 13.7. The first-order chi connectivity index (χ1) is 11.8. The van der Waals surface area contributed by atoms with E-state index in [9.17, 15) is 22.3 Å². The molecule has 0 aromatic heterocycles. The topological polar surface area (TPSA) is 69.6 Å². The van der Waals surface area contributed by atoms with E-state index in [0.29, 0.717) is 5.56 Å². The number of hydrogen-bond donors (Lipinski definition) is 2. The van der Waals surface area contributed by atoms with Crippen molar-refractivity contribution in [3.05, 3.63) is 59.2 Å². The molecule has 0 saturated carbocycles. The molecule has 0 aliphatic carbocycles. The van der Waals surface area contributed by atoms with E-state index >= 15 is 0 Å². The predicted octanol–water partition coefficient (Wildman–Crippen LogP) is 1.97. The van der Waals surface area contributed by atoms with Gasteiger partial charge in [-0.1, -0.05) is 18.2 Å². The maximum Gasteiger partial charge on any atom is 0.246 e. The van der Waals surface area contributed by atoms with Gasteiger partial charge in [-0.05, 0) is 35.7 Å². The number of nitrogens with zero attached hydrogens (tertiary/aromatic N) is 1. The lowest BCUT2D eigenvalue weighted by atomic mass is 10.0. The first-order valence-electron chi connectivity index (χ1n) is 7.75. The number of benzene rings is 2. The van der Waals surface area contributed by atoms with Crippen molar-refractivity contribution in [2.24, 2.45) is 0 Å². The smallest absolute Gasteiger partial charge is 0.246 e. The standard InChI is InChI=1S/C17H18F2N2O3S/c1-21-8-7-11-9-12(5-6-15(11)21)16(22)10-20-25(23,24)17-13(18)3-2-4-14(17)19/h2-6,9,16,20,22H,7-8,10H2,1H3. The minimum atomic E-state index is -4.41. The van der Waals surface area contributed by atoms with Crippen LogP contribution in [0.3, 0.4) is 0 Å². The Hall–Kier alpha value is -2.03. The van der Waals surface area contributed by atoms with E-state index in [4.69, 9.17) is 0 Å². The van der Waals surface area contributed by atoms with Gasteiger partial charge < -0.3 is 10.0 Å². The molecule has 0 bridgehead atoms. The van der Waals surface area contributed by atoms with E-state index in [1.54, 1.807) is 6.07 Å². The van der Waals surface area contributed by atoms with Crippen LogP contribution in [0.5, 0.6) is 0 Å². The third kappa shape index (κ3) is 3.51. The number of hydrogen-bond acceptors (Lipinski definition) is 4. The van der Waals surface area contributed by atoms with Gasteiger partial charge in [0.05, 0.1) is 6.10 Å². The molecule has 3 rings (SSSR count). The summed E-state index contributed by atoms with van der Waals surface area (Å²) in [5.74, 6) is -2.36. The van der Waals surface area contributed by atoms with Gasteiger partial charge in [0.15, 0.2) is 4.90 Å². The highest BCUT2D eigenvalue weighted by Gasteiger charge is 2.25. The first kappa shape index (κ1) is 17.8. The number of aliphatic hydroxyl groups is 1. The molecule has 2 aromatic rings. The van der Waals surface area contributed by atoms with Crippen molar-refractivity contribution < 1.29 is 22.3 Å². The lowest BCUT2D eigenvalue weighted by Gasteiger charge is -2.16. The van der Waals surface area contributed by atoms with Crippen LogP contribution in [0.15, 0.2) is 41.3 Å². The fourth-order valence-electron chi connectivity index (χ4n) is 2.91. The van der Waals surface area contributed by atoms with Crippen LogP contribution in [0.4, 0.5) is 14.5 Å². The SMILES string of the molecule is CN1CCc2cc(C(O)CNS(=O)(=O)c3c(F)cccc3F)ccc21. The summed E-state index contributed by atoms with van der Waals surface area (Å²) in [6, 6.07) is 8.22. The van der Waals surface area contributed by atoms with Gasteiger partial charge in [-0.3, -0.25) is 0 Å². The molecule has 0 saturated heterocycles. The highest BCUT2D eigenvalue weighted by Crippen LogP contribution is 2.29. The number of likely N-dealkylation sites (N-methyl/N-ethyl adjacent to an activating group) is 1. The molecule has 1 atom stereocenters. The quantitative estimate of drug-likeness (QED) is 0.847. The van der Waals surface area contributed by atoms with Gasteiger partial charge in [-0.25, -0.2) is 21.9 Å². The van der Waals surface area contributed by atoms with Crippen molar-refractivity contribution in [2.75, 3.05) is 25.0 Å². The average molecular weight is 368 g/mol. The molecule has 1 unspecified atom stereocenters. The Morgan fingerprint density at radius 1 is 1.24 bits per heavy atom. The van der Waals surface area contributed by atoms with E-state index in [1.165, 1.54) is 0 Å². The summed E-state index contributed by atoms with van der Waals surface area (Å²) in [6.45, 7) is 0.499. The van der Waals surface area contributed by atoms with Crippen LogP contribution in [0.2, 0.25) is 0 Å². The highest BCUT2D eigenvalue weighted by atomic mass is 32.2. The fraction of sp³-hybridized carbons (Fsp3) is 0.294. The number of fused-ring (bicyclic) bond motifs is 1. The molecule has 2 aromatic carbocycles. The van der Waals surface area contributed by atoms with E-state index in [1.807, 2.05) is 19.2 Å². The average Bonchev–Trinajstić information content (AvgIpc) is 2.93. The number of rotatable bonds is 5. The Morgan fingerprint density at radius 3 is 2.60 bits per heavy atom. The van der Waals surface area contributed by atoms with E-state index in [2.05, 4.69) is 9.62 Å². The summed E-state index contributed by atoms with van der Waals surface area (Å²) in [6.07, 6.45) is -0.278.